The van der Waals surface area contributed by atoms with Gasteiger partial charge in [0.05, 0.1) is 6.10 Å². The molecule has 0 heterocycles. The Morgan fingerprint density at radius 2 is 1.86 bits per heavy atom. The number of Topliss-reactive ketones (excluding diaryl/α,β-unsaturated/α-hetero) is 1. The Hall–Kier alpha value is -0.370. The van der Waals surface area contributed by atoms with E-state index < -0.39 is 0 Å². The summed E-state index contributed by atoms with van der Waals surface area (Å²) in [6.07, 6.45) is 9.78. The minimum atomic E-state index is -0.0788. The minimum absolute atomic E-state index is 0.00273. The molecule has 0 amide bonds. The number of aliphatic hydroxyl groups excluding tert-OH is 1. The summed E-state index contributed by atoms with van der Waals surface area (Å²) in [5, 5.41) is 10.0. The van der Waals surface area contributed by atoms with Crippen LogP contribution >= 0.6 is 0 Å². The second kappa shape index (κ2) is 5.37. The number of rotatable bonds is 2. The average molecular weight is 292 g/mol. The van der Waals surface area contributed by atoms with Crippen LogP contribution in [0.1, 0.15) is 78.6 Å². The van der Waals surface area contributed by atoms with Crippen LogP contribution in [-0.2, 0) is 4.79 Å². The zero-order valence-corrected chi connectivity index (χ0v) is 14.0. The van der Waals surface area contributed by atoms with Crippen molar-refractivity contribution in [3.8, 4) is 0 Å². The van der Waals surface area contributed by atoms with Crippen LogP contribution in [0.25, 0.3) is 0 Å². The standard InChI is InChI=1S/C19H32O2/c1-4-13-12-16(20)8-10-18(13,2)15-7-9-19(3)14(11-15)5-6-17(19)21/h13-16,20H,4-12H2,1-3H3/t13-,14?,15?,16-,18-,19-/m0/s1. The molecule has 6 atom stereocenters. The number of carbonyl (C=O) groups is 1. The topological polar surface area (TPSA) is 37.3 Å². The maximum absolute atomic E-state index is 12.2. The van der Waals surface area contributed by atoms with Gasteiger partial charge in [0.15, 0.2) is 0 Å². The second-order valence-corrected chi connectivity index (χ2v) is 8.59. The number of fused-ring (bicyclic) bond motifs is 1. The van der Waals surface area contributed by atoms with Crippen molar-refractivity contribution < 1.29 is 9.90 Å². The number of carbonyl (C=O) groups excluding carboxylic acids is 1. The van der Waals surface area contributed by atoms with E-state index in [2.05, 4.69) is 20.8 Å². The molecule has 3 aliphatic carbocycles. The van der Waals surface area contributed by atoms with Crippen LogP contribution in [0.2, 0.25) is 0 Å². The van der Waals surface area contributed by atoms with Crippen molar-refractivity contribution in [1.29, 1.82) is 0 Å². The Balaban J connectivity index is 1.77. The van der Waals surface area contributed by atoms with Crippen molar-refractivity contribution in [3.63, 3.8) is 0 Å². The molecule has 0 aromatic heterocycles. The van der Waals surface area contributed by atoms with Gasteiger partial charge in [0, 0.05) is 11.8 Å². The predicted molar refractivity (Wildman–Crippen MR) is 84.9 cm³/mol. The van der Waals surface area contributed by atoms with E-state index in [0.717, 1.165) is 38.0 Å². The van der Waals surface area contributed by atoms with Gasteiger partial charge < -0.3 is 5.11 Å². The Morgan fingerprint density at radius 3 is 2.57 bits per heavy atom. The summed E-state index contributed by atoms with van der Waals surface area (Å²) in [5.41, 5.74) is 0.393. The third-order valence-electron chi connectivity index (χ3n) is 7.77. The van der Waals surface area contributed by atoms with E-state index in [1.165, 1.54) is 25.7 Å². The lowest BCUT2D eigenvalue weighted by Gasteiger charge is -2.52. The van der Waals surface area contributed by atoms with Crippen molar-refractivity contribution in [2.45, 2.75) is 84.7 Å². The van der Waals surface area contributed by atoms with E-state index in [1.807, 2.05) is 0 Å². The van der Waals surface area contributed by atoms with Crippen LogP contribution in [0.5, 0.6) is 0 Å². The second-order valence-electron chi connectivity index (χ2n) is 8.59. The summed E-state index contributed by atoms with van der Waals surface area (Å²) in [7, 11) is 0. The summed E-state index contributed by atoms with van der Waals surface area (Å²) in [4.78, 5) is 12.2. The lowest BCUT2D eigenvalue weighted by atomic mass is 9.53. The molecule has 1 N–H and O–H groups in total. The van der Waals surface area contributed by atoms with Crippen LogP contribution in [-0.4, -0.2) is 17.0 Å². The maximum atomic E-state index is 12.2. The van der Waals surface area contributed by atoms with Crippen LogP contribution in [0.15, 0.2) is 0 Å². The fourth-order valence-electron chi connectivity index (χ4n) is 5.96. The zero-order chi connectivity index (χ0) is 15.3. The van der Waals surface area contributed by atoms with Gasteiger partial charge in [0.2, 0.25) is 0 Å². The third-order valence-corrected chi connectivity index (χ3v) is 7.77. The molecule has 21 heavy (non-hydrogen) atoms. The van der Waals surface area contributed by atoms with E-state index in [9.17, 15) is 9.90 Å². The molecule has 0 spiro atoms. The molecule has 0 saturated heterocycles. The molecular weight excluding hydrogens is 260 g/mol. The normalized spacial score (nSPS) is 51.0. The van der Waals surface area contributed by atoms with Crippen LogP contribution in [0.4, 0.5) is 0 Å². The lowest BCUT2D eigenvalue weighted by Crippen LogP contribution is -2.46. The van der Waals surface area contributed by atoms with Crippen molar-refractivity contribution in [2.24, 2.45) is 28.6 Å². The van der Waals surface area contributed by atoms with E-state index in [1.54, 1.807) is 0 Å². The highest BCUT2D eigenvalue weighted by Crippen LogP contribution is 2.59. The predicted octanol–water partition coefficient (Wildman–Crippen LogP) is 4.35. The van der Waals surface area contributed by atoms with Gasteiger partial charge in [-0.05, 0) is 68.1 Å². The fourth-order valence-corrected chi connectivity index (χ4v) is 5.96. The summed E-state index contributed by atoms with van der Waals surface area (Å²) < 4.78 is 0. The number of ketones is 1. The van der Waals surface area contributed by atoms with Gasteiger partial charge in [-0.3, -0.25) is 4.79 Å². The number of hydrogen-bond acceptors (Lipinski definition) is 2. The van der Waals surface area contributed by atoms with Gasteiger partial charge in [-0.1, -0.05) is 27.2 Å². The summed E-state index contributed by atoms with van der Waals surface area (Å²) in [6.45, 7) is 7.00. The van der Waals surface area contributed by atoms with E-state index >= 15 is 0 Å². The molecule has 3 rings (SSSR count). The van der Waals surface area contributed by atoms with Gasteiger partial charge in [-0.15, -0.1) is 0 Å². The number of aliphatic hydroxyl groups is 1. The molecule has 0 radical (unpaired) electrons. The molecule has 120 valence electrons. The first-order valence-corrected chi connectivity index (χ1v) is 9.11. The molecule has 3 saturated carbocycles. The SMILES string of the molecule is CC[C@H]1C[C@@H](O)CC[C@]1(C)C1CC[C@]2(C)C(=O)CCC2C1. The van der Waals surface area contributed by atoms with Crippen molar-refractivity contribution >= 4 is 5.78 Å². The molecule has 0 bridgehead atoms. The molecule has 3 aliphatic rings. The fraction of sp³-hybridized carbons (Fsp3) is 0.947. The first kappa shape index (κ1) is 15.5. The monoisotopic (exact) mass is 292 g/mol. The van der Waals surface area contributed by atoms with Gasteiger partial charge in [-0.25, -0.2) is 0 Å². The Kier molecular flexibility index (Phi) is 3.97. The van der Waals surface area contributed by atoms with Gasteiger partial charge in [0.25, 0.3) is 0 Å². The molecule has 0 aromatic rings. The summed E-state index contributed by atoms with van der Waals surface area (Å²) in [5.74, 6) is 2.58. The van der Waals surface area contributed by atoms with Crippen molar-refractivity contribution in [2.75, 3.05) is 0 Å². The Bertz CT molecular complexity index is 418. The smallest absolute Gasteiger partial charge is 0.139 e. The first-order chi connectivity index (χ1) is 9.90. The molecule has 2 nitrogen and oxygen atoms in total. The van der Waals surface area contributed by atoms with E-state index in [-0.39, 0.29) is 11.5 Å². The largest absolute Gasteiger partial charge is 0.393 e. The third kappa shape index (κ3) is 2.38. The number of hydrogen-bond donors (Lipinski definition) is 1. The van der Waals surface area contributed by atoms with Crippen molar-refractivity contribution in [3.05, 3.63) is 0 Å². The highest BCUT2D eigenvalue weighted by atomic mass is 16.3. The lowest BCUT2D eigenvalue weighted by molar-refractivity contribution is -0.130. The van der Waals surface area contributed by atoms with Crippen LogP contribution < -0.4 is 0 Å². The summed E-state index contributed by atoms with van der Waals surface area (Å²) in [6, 6.07) is 0. The summed E-state index contributed by atoms with van der Waals surface area (Å²) >= 11 is 0. The van der Waals surface area contributed by atoms with Gasteiger partial charge in [-0.2, -0.15) is 0 Å². The Labute approximate surface area is 129 Å². The highest BCUT2D eigenvalue weighted by Gasteiger charge is 2.53. The molecule has 2 heteroatoms. The maximum Gasteiger partial charge on any atom is 0.139 e. The molecule has 2 unspecified atom stereocenters. The van der Waals surface area contributed by atoms with Crippen molar-refractivity contribution in [1.82, 2.24) is 0 Å². The van der Waals surface area contributed by atoms with Crippen LogP contribution in [0, 0.1) is 28.6 Å². The first-order valence-electron chi connectivity index (χ1n) is 9.11. The quantitative estimate of drug-likeness (QED) is 0.821. The van der Waals surface area contributed by atoms with E-state index in [4.69, 9.17) is 0 Å². The van der Waals surface area contributed by atoms with E-state index in [0.29, 0.717) is 23.0 Å². The highest BCUT2D eigenvalue weighted by molar-refractivity contribution is 5.87. The molecule has 0 aliphatic heterocycles. The molecule has 0 aromatic carbocycles. The molecule has 3 fully saturated rings. The Morgan fingerprint density at radius 1 is 1.10 bits per heavy atom. The van der Waals surface area contributed by atoms with Gasteiger partial charge in [0.1, 0.15) is 5.78 Å². The van der Waals surface area contributed by atoms with Crippen LogP contribution in [0.3, 0.4) is 0 Å². The average Bonchev–Trinajstić information content (AvgIpc) is 2.77. The minimum Gasteiger partial charge on any atom is -0.393 e. The zero-order valence-electron chi connectivity index (χ0n) is 14.0. The van der Waals surface area contributed by atoms with Gasteiger partial charge >= 0.3 is 0 Å². The molecular formula is C19H32O2.